The third-order valence-electron chi connectivity index (χ3n) is 6.72. The van der Waals surface area contributed by atoms with E-state index in [9.17, 15) is 9.59 Å². The lowest BCUT2D eigenvalue weighted by atomic mass is 9.75. The molecule has 2 fully saturated rings. The van der Waals surface area contributed by atoms with Gasteiger partial charge in [0.2, 0.25) is 5.91 Å². The second-order valence-corrected chi connectivity index (χ2v) is 9.76. The molecular weight excluding hydrogens is 436 g/mol. The molecule has 0 aromatic heterocycles. The van der Waals surface area contributed by atoms with Crippen molar-refractivity contribution in [2.24, 2.45) is 11.8 Å². The largest absolute Gasteiger partial charge is 0.493 e. The Morgan fingerprint density at radius 3 is 2.55 bits per heavy atom. The van der Waals surface area contributed by atoms with Gasteiger partial charge in [0.15, 0.2) is 11.5 Å². The van der Waals surface area contributed by atoms with Crippen LogP contribution in [0.3, 0.4) is 0 Å². The number of methoxy groups -OCH3 is 2. The standard InChI is InChI=1S/C26H32N2O4S/c1-31-22-12-11-20(15-23(22)32-2)27-25(29)17-33-24-10-6-5-9-21(24)26(30)28-14-13-18-7-3-4-8-19(18)16-28/h5-6,9-12,15,18-19H,3-4,7-8,13-14,16-17H2,1-2H3,(H,27,29)/t18-,19-/m1/s1. The molecule has 1 aliphatic carbocycles. The van der Waals surface area contributed by atoms with Crippen LogP contribution in [0, 0.1) is 11.8 Å². The highest BCUT2D eigenvalue weighted by atomic mass is 32.2. The molecule has 4 rings (SSSR count). The normalized spacial score (nSPS) is 20.0. The van der Waals surface area contributed by atoms with Crippen LogP contribution in [0.1, 0.15) is 42.5 Å². The number of amides is 2. The predicted octanol–water partition coefficient (Wildman–Crippen LogP) is 5.09. The maximum Gasteiger partial charge on any atom is 0.254 e. The first-order valence-corrected chi connectivity index (χ1v) is 12.6. The number of fused-ring (bicyclic) bond motifs is 1. The van der Waals surface area contributed by atoms with Gasteiger partial charge in [-0.3, -0.25) is 9.59 Å². The third-order valence-corrected chi connectivity index (χ3v) is 7.80. The monoisotopic (exact) mass is 468 g/mol. The Balaban J connectivity index is 1.37. The van der Waals surface area contributed by atoms with Crippen LogP contribution in [-0.4, -0.2) is 49.8 Å². The van der Waals surface area contributed by atoms with Gasteiger partial charge in [0.05, 0.1) is 25.5 Å². The molecule has 0 unspecified atom stereocenters. The van der Waals surface area contributed by atoms with Crippen molar-refractivity contribution >= 4 is 29.3 Å². The topological polar surface area (TPSA) is 67.9 Å². The fourth-order valence-electron chi connectivity index (χ4n) is 4.98. The molecule has 0 radical (unpaired) electrons. The second kappa shape index (κ2) is 11.0. The zero-order valence-electron chi connectivity index (χ0n) is 19.3. The summed E-state index contributed by atoms with van der Waals surface area (Å²) in [6, 6.07) is 12.9. The second-order valence-electron chi connectivity index (χ2n) is 8.75. The molecule has 2 aliphatic rings. The summed E-state index contributed by atoms with van der Waals surface area (Å²) < 4.78 is 10.5. The number of carbonyl (C=O) groups is 2. The number of thioether (sulfide) groups is 1. The number of anilines is 1. The van der Waals surface area contributed by atoms with Crippen LogP contribution in [0.2, 0.25) is 0 Å². The fourth-order valence-corrected chi connectivity index (χ4v) is 5.82. The van der Waals surface area contributed by atoms with E-state index in [1.807, 2.05) is 29.2 Å². The molecule has 1 saturated heterocycles. The summed E-state index contributed by atoms with van der Waals surface area (Å²) >= 11 is 1.39. The Hall–Kier alpha value is -2.67. The summed E-state index contributed by atoms with van der Waals surface area (Å²) in [4.78, 5) is 28.8. The van der Waals surface area contributed by atoms with E-state index in [0.717, 1.165) is 30.3 Å². The van der Waals surface area contributed by atoms with Gasteiger partial charge >= 0.3 is 0 Å². The summed E-state index contributed by atoms with van der Waals surface area (Å²) in [6.07, 6.45) is 6.28. The Morgan fingerprint density at radius 1 is 1.00 bits per heavy atom. The zero-order valence-corrected chi connectivity index (χ0v) is 20.2. The van der Waals surface area contributed by atoms with Gasteiger partial charge < -0.3 is 19.7 Å². The van der Waals surface area contributed by atoms with Gasteiger partial charge in [0, 0.05) is 29.7 Å². The molecule has 33 heavy (non-hydrogen) atoms. The summed E-state index contributed by atoms with van der Waals surface area (Å²) in [5.41, 5.74) is 1.33. The average molecular weight is 469 g/mol. The molecule has 2 aromatic rings. The van der Waals surface area contributed by atoms with E-state index in [1.54, 1.807) is 32.4 Å². The van der Waals surface area contributed by atoms with Crippen LogP contribution in [-0.2, 0) is 4.79 Å². The van der Waals surface area contributed by atoms with Crippen molar-refractivity contribution in [2.75, 3.05) is 38.4 Å². The number of carbonyl (C=O) groups excluding carboxylic acids is 2. The molecule has 1 heterocycles. The molecule has 176 valence electrons. The number of ether oxygens (including phenoxy) is 2. The van der Waals surface area contributed by atoms with Crippen LogP contribution in [0.4, 0.5) is 5.69 Å². The molecule has 6 nitrogen and oxygen atoms in total. The number of hydrogen-bond acceptors (Lipinski definition) is 5. The molecule has 1 aliphatic heterocycles. The zero-order chi connectivity index (χ0) is 23.2. The van der Waals surface area contributed by atoms with Gasteiger partial charge in [-0.1, -0.05) is 31.4 Å². The van der Waals surface area contributed by atoms with Crippen LogP contribution in [0.25, 0.3) is 0 Å². The molecule has 2 amide bonds. The first-order chi connectivity index (χ1) is 16.1. The van der Waals surface area contributed by atoms with E-state index in [4.69, 9.17) is 9.47 Å². The minimum atomic E-state index is -0.141. The molecule has 2 aromatic carbocycles. The highest BCUT2D eigenvalue weighted by Crippen LogP contribution is 2.37. The van der Waals surface area contributed by atoms with Gasteiger partial charge in [-0.25, -0.2) is 0 Å². The molecule has 0 bridgehead atoms. The van der Waals surface area contributed by atoms with Crippen molar-refractivity contribution in [3.63, 3.8) is 0 Å². The van der Waals surface area contributed by atoms with Gasteiger partial charge in [0.1, 0.15) is 0 Å². The van der Waals surface area contributed by atoms with Crippen molar-refractivity contribution in [1.29, 1.82) is 0 Å². The lowest BCUT2D eigenvalue weighted by Gasteiger charge is -2.41. The number of piperidine rings is 1. The smallest absolute Gasteiger partial charge is 0.254 e. The highest BCUT2D eigenvalue weighted by Gasteiger charge is 2.33. The maximum atomic E-state index is 13.3. The van der Waals surface area contributed by atoms with E-state index >= 15 is 0 Å². The van der Waals surface area contributed by atoms with Crippen molar-refractivity contribution in [2.45, 2.75) is 37.0 Å². The van der Waals surface area contributed by atoms with Gasteiger partial charge in [-0.05, 0) is 48.9 Å². The predicted molar refractivity (Wildman–Crippen MR) is 131 cm³/mol. The number of hydrogen-bond donors (Lipinski definition) is 1. The Kier molecular flexibility index (Phi) is 7.81. The maximum absolute atomic E-state index is 13.3. The fraction of sp³-hybridized carbons (Fsp3) is 0.462. The first kappa shape index (κ1) is 23.5. The number of rotatable bonds is 7. The lowest BCUT2D eigenvalue weighted by Crippen LogP contribution is -2.44. The van der Waals surface area contributed by atoms with Gasteiger partial charge in [0.25, 0.3) is 5.91 Å². The Labute approximate surface area is 200 Å². The SMILES string of the molecule is COc1ccc(NC(=O)CSc2ccccc2C(=O)N2CC[C@H]3CCCC[C@@H]3C2)cc1OC. The van der Waals surface area contributed by atoms with Crippen LogP contribution in [0.5, 0.6) is 11.5 Å². The number of likely N-dealkylation sites (tertiary alicyclic amines) is 1. The minimum Gasteiger partial charge on any atom is -0.493 e. The van der Waals surface area contributed by atoms with Crippen molar-refractivity contribution in [3.8, 4) is 11.5 Å². The van der Waals surface area contributed by atoms with E-state index < -0.39 is 0 Å². The number of nitrogens with zero attached hydrogens (tertiary/aromatic N) is 1. The van der Waals surface area contributed by atoms with E-state index in [-0.39, 0.29) is 17.6 Å². The van der Waals surface area contributed by atoms with Gasteiger partial charge in [-0.15, -0.1) is 11.8 Å². The third kappa shape index (κ3) is 5.64. The lowest BCUT2D eigenvalue weighted by molar-refractivity contribution is -0.113. The van der Waals surface area contributed by atoms with Crippen LogP contribution >= 0.6 is 11.8 Å². The number of benzene rings is 2. The highest BCUT2D eigenvalue weighted by molar-refractivity contribution is 8.00. The van der Waals surface area contributed by atoms with Gasteiger partial charge in [-0.2, -0.15) is 0 Å². The van der Waals surface area contributed by atoms with Crippen molar-refractivity contribution in [1.82, 2.24) is 4.90 Å². The molecule has 7 heteroatoms. The molecule has 1 saturated carbocycles. The Bertz CT molecular complexity index is 996. The van der Waals surface area contributed by atoms with E-state index in [1.165, 1.54) is 37.4 Å². The Morgan fingerprint density at radius 2 is 1.76 bits per heavy atom. The average Bonchev–Trinajstić information content (AvgIpc) is 2.86. The molecular formula is C26H32N2O4S. The number of nitrogens with one attached hydrogen (secondary N) is 1. The quantitative estimate of drug-likeness (QED) is 0.574. The first-order valence-electron chi connectivity index (χ1n) is 11.6. The minimum absolute atomic E-state index is 0.0856. The van der Waals surface area contributed by atoms with Crippen LogP contribution < -0.4 is 14.8 Å². The molecule has 2 atom stereocenters. The van der Waals surface area contributed by atoms with E-state index in [0.29, 0.717) is 28.7 Å². The summed E-state index contributed by atoms with van der Waals surface area (Å²) in [5.74, 6) is 2.75. The molecule has 1 N–H and O–H groups in total. The summed E-state index contributed by atoms with van der Waals surface area (Å²) in [5, 5.41) is 2.89. The summed E-state index contributed by atoms with van der Waals surface area (Å²) in [6.45, 7) is 1.70. The van der Waals surface area contributed by atoms with Crippen molar-refractivity contribution in [3.05, 3.63) is 48.0 Å². The molecule has 0 spiro atoms. The van der Waals surface area contributed by atoms with Crippen LogP contribution in [0.15, 0.2) is 47.4 Å². The van der Waals surface area contributed by atoms with E-state index in [2.05, 4.69) is 5.32 Å². The van der Waals surface area contributed by atoms with Crippen molar-refractivity contribution < 1.29 is 19.1 Å². The summed E-state index contributed by atoms with van der Waals surface area (Å²) in [7, 11) is 3.13.